The molecule has 0 radical (unpaired) electrons. The first-order chi connectivity index (χ1) is 8.30. The first-order valence-electron chi connectivity index (χ1n) is 5.73. The summed E-state index contributed by atoms with van der Waals surface area (Å²) >= 11 is 0. The molecule has 0 spiro atoms. The summed E-state index contributed by atoms with van der Waals surface area (Å²) in [4.78, 5) is 0. The van der Waals surface area contributed by atoms with Crippen LogP contribution in [0.1, 0.15) is 19.4 Å². The van der Waals surface area contributed by atoms with Crippen LogP contribution in [0.2, 0.25) is 0 Å². The van der Waals surface area contributed by atoms with Crippen LogP contribution in [0.3, 0.4) is 0 Å². The third kappa shape index (κ3) is 4.85. The van der Waals surface area contributed by atoms with Crippen molar-refractivity contribution in [3.05, 3.63) is 53.8 Å². The fraction of sp³-hybridized carbons (Fsp3) is 0.286. The van der Waals surface area contributed by atoms with Gasteiger partial charge in [0.25, 0.3) is 0 Å². The van der Waals surface area contributed by atoms with E-state index in [0.29, 0.717) is 6.54 Å². The summed E-state index contributed by atoms with van der Waals surface area (Å²) in [5, 5.41) is 8.50. The van der Waals surface area contributed by atoms with Crippen molar-refractivity contribution in [1.29, 1.82) is 0 Å². The Morgan fingerprint density at radius 1 is 1.29 bits per heavy atom. The van der Waals surface area contributed by atoms with Crippen LogP contribution < -0.4 is 10.2 Å². The van der Waals surface area contributed by atoms with Gasteiger partial charge < -0.3 is 9.94 Å². The van der Waals surface area contributed by atoms with E-state index in [1.807, 2.05) is 56.3 Å². The van der Waals surface area contributed by atoms with E-state index in [-0.39, 0.29) is 0 Å². The highest BCUT2D eigenvalue weighted by Crippen LogP contribution is 2.16. The number of ether oxygens (including phenoxy) is 1. The van der Waals surface area contributed by atoms with Gasteiger partial charge in [-0.05, 0) is 50.1 Å². The van der Waals surface area contributed by atoms with Crippen LogP contribution in [0.15, 0.2) is 48.3 Å². The van der Waals surface area contributed by atoms with E-state index in [1.165, 1.54) is 0 Å². The van der Waals surface area contributed by atoms with Gasteiger partial charge in [-0.25, -0.2) is 5.48 Å². The maximum absolute atomic E-state index is 8.50. The number of allylic oxidation sites excluding steroid dienone is 3. The quantitative estimate of drug-likeness (QED) is 0.451. The topological polar surface area (TPSA) is 41.5 Å². The van der Waals surface area contributed by atoms with Gasteiger partial charge in [0.2, 0.25) is 0 Å². The minimum atomic E-state index is 0.554. The maximum Gasteiger partial charge on any atom is 0.127 e. The van der Waals surface area contributed by atoms with Gasteiger partial charge in [-0.15, -0.1) is 0 Å². The van der Waals surface area contributed by atoms with Gasteiger partial charge in [0.1, 0.15) is 11.5 Å². The van der Waals surface area contributed by atoms with Gasteiger partial charge in [0.05, 0.1) is 0 Å². The van der Waals surface area contributed by atoms with Gasteiger partial charge in [0.15, 0.2) is 0 Å². The lowest BCUT2D eigenvalue weighted by Gasteiger charge is -2.07. The predicted octanol–water partition coefficient (Wildman–Crippen LogP) is 3.07. The smallest absolute Gasteiger partial charge is 0.127 e. The van der Waals surface area contributed by atoms with Crippen LogP contribution in [0.4, 0.5) is 0 Å². The Labute approximate surface area is 102 Å². The molecule has 0 bridgehead atoms. The first-order valence-corrected chi connectivity index (χ1v) is 5.73. The second-order valence-electron chi connectivity index (χ2n) is 3.60. The highest BCUT2D eigenvalue weighted by atomic mass is 16.5. The van der Waals surface area contributed by atoms with Crippen LogP contribution in [-0.2, 0) is 6.42 Å². The number of hydrogen-bond donors (Lipinski definition) is 2. The predicted molar refractivity (Wildman–Crippen MR) is 69.1 cm³/mol. The molecular weight excluding hydrogens is 214 g/mol. The zero-order valence-corrected chi connectivity index (χ0v) is 10.3. The van der Waals surface area contributed by atoms with Crippen molar-refractivity contribution in [2.75, 3.05) is 6.54 Å². The fourth-order valence-electron chi connectivity index (χ4n) is 1.41. The zero-order chi connectivity index (χ0) is 12.5. The van der Waals surface area contributed by atoms with Crippen molar-refractivity contribution < 1.29 is 9.94 Å². The molecule has 2 N–H and O–H groups in total. The number of hydrogen-bond acceptors (Lipinski definition) is 3. The zero-order valence-electron chi connectivity index (χ0n) is 10.3. The largest absolute Gasteiger partial charge is 0.458 e. The van der Waals surface area contributed by atoms with Crippen molar-refractivity contribution in [3.63, 3.8) is 0 Å². The summed E-state index contributed by atoms with van der Waals surface area (Å²) in [6.45, 7) is 4.45. The van der Waals surface area contributed by atoms with Crippen LogP contribution in [0.25, 0.3) is 0 Å². The summed E-state index contributed by atoms with van der Waals surface area (Å²) in [5.74, 6) is 1.65. The summed E-state index contributed by atoms with van der Waals surface area (Å²) in [7, 11) is 0. The van der Waals surface area contributed by atoms with Crippen molar-refractivity contribution in [2.24, 2.45) is 0 Å². The minimum Gasteiger partial charge on any atom is -0.458 e. The normalized spacial score (nSPS) is 12.1. The molecule has 0 aromatic heterocycles. The number of benzene rings is 1. The Morgan fingerprint density at radius 3 is 2.53 bits per heavy atom. The number of rotatable bonds is 6. The molecule has 1 aromatic rings. The van der Waals surface area contributed by atoms with Gasteiger partial charge in [-0.1, -0.05) is 18.2 Å². The molecule has 0 unspecified atom stereocenters. The van der Waals surface area contributed by atoms with Gasteiger partial charge in [-0.3, -0.25) is 0 Å². The molecule has 0 atom stereocenters. The van der Waals surface area contributed by atoms with Crippen LogP contribution in [-0.4, -0.2) is 11.8 Å². The van der Waals surface area contributed by atoms with E-state index >= 15 is 0 Å². The molecule has 0 aliphatic rings. The summed E-state index contributed by atoms with van der Waals surface area (Å²) in [6, 6.07) is 7.85. The van der Waals surface area contributed by atoms with E-state index in [1.54, 1.807) is 0 Å². The Kier molecular flexibility index (Phi) is 6.07. The van der Waals surface area contributed by atoms with E-state index in [2.05, 4.69) is 5.48 Å². The summed E-state index contributed by atoms with van der Waals surface area (Å²) in [6.07, 6.45) is 6.58. The summed E-state index contributed by atoms with van der Waals surface area (Å²) < 4.78 is 5.67. The fourth-order valence-corrected chi connectivity index (χ4v) is 1.41. The van der Waals surface area contributed by atoms with Crippen molar-refractivity contribution in [1.82, 2.24) is 5.48 Å². The third-order valence-electron chi connectivity index (χ3n) is 2.30. The Hall–Kier alpha value is -1.58. The molecule has 3 heteroatoms. The molecule has 0 heterocycles. The first kappa shape index (κ1) is 13.5. The molecule has 0 aliphatic carbocycles. The molecule has 3 nitrogen and oxygen atoms in total. The molecule has 17 heavy (non-hydrogen) atoms. The molecule has 1 rings (SSSR count). The lowest BCUT2D eigenvalue weighted by atomic mass is 10.1. The average Bonchev–Trinajstić information content (AvgIpc) is 2.37. The van der Waals surface area contributed by atoms with Gasteiger partial charge >= 0.3 is 0 Å². The molecule has 92 valence electrons. The van der Waals surface area contributed by atoms with Crippen molar-refractivity contribution in [2.45, 2.75) is 20.3 Å². The van der Waals surface area contributed by atoms with Crippen molar-refractivity contribution >= 4 is 0 Å². The van der Waals surface area contributed by atoms with E-state index in [0.717, 1.165) is 23.5 Å². The lowest BCUT2D eigenvalue weighted by Crippen LogP contribution is -2.10. The Balaban J connectivity index is 2.61. The van der Waals surface area contributed by atoms with Crippen molar-refractivity contribution in [3.8, 4) is 5.75 Å². The molecule has 0 saturated heterocycles. The second-order valence-corrected chi connectivity index (χ2v) is 3.60. The average molecular weight is 233 g/mol. The summed E-state index contributed by atoms with van der Waals surface area (Å²) in [5.41, 5.74) is 3.30. The van der Waals surface area contributed by atoms with Gasteiger partial charge in [-0.2, -0.15) is 0 Å². The Morgan fingerprint density at radius 2 is 2.00 bits per heavy atom. The van der Waals surface area contributed by atoms with Crippen LogP contribution >= 0.6 is 0 Å². The van der Waals surface area contributed by atoms with E-state index in [4.69, 9.17) is 9.94 Å². The maximum atomic E-state index is 8.50. The number of nitrogens with one attached hydrogen (secondary N) is 1. The molecular formula is C14H19NO2. The molecule has 0 aliphatic heterocycles. The number of hydroxylamine groups is 1. The highest BCUT2D eigenvalue weighted by molar-refractivity contribution is 5.30. The lowest BCUT2D eigenvalue weighted by molar-refractivity contribution is 0.168. The van der Waals surface area contributed by atoms with Crippen LogP contribution in [0, 0.1) is 0 Å². The standard InChI is InChI=1S/C14H19NO2/c1-3-5-13(4-2)17-14-8-6-12(7-9-14)10-11-15-16/h3-9,15-16H,10-11H2,1-2H3/b5-3-,13-4+. The molecule has 0 fully saturated rings. The third-order valence-corrected chi connectivity index (χ3v) is 2.30. The monoisotopic (exact) mass is 233 g/mol. The highest BCUT2D eigenvalue weighted by Gasteiger charge is 1.97. The molecule has 1 aromatic carbocycles. The van der Waals surface area contributed by atoms with E-state index in [9.17, 15) is 0 Å². The molecule has 0 saturated carbocycles. The Bertz CT molecular complexity index is 380. The minimum absolute atomic E-state index is 0.554. The van der Waals surface area contributed by atoms with Crippen LogP contribution in [0.5, 0.6) is 5.75 Å². The van der Waals surface area contributed by atoms with Gasteiger partial charge in [0, 0.05) is 6.54 Å². The second kappa shape index (κ2) is 7.65. The SMILES string of the molecule is C/C=C\C(=C/C)Oc1ccc(CCNO)cc1. The molecule has 0 amide bonds. The van der Waals surface area contributed by atoms with E-state index < -0.39 is 0 Å².